The predicted octanol–water partition coefficient (Wildman–Crippen LogP) is 17.4. The highest BCUT2D eigenvalue weighted by Crippen LogP contribution is 2.70. The minimum atomic E-state index is -5.75. The fourth-order valence-electron chi connectivity index (χ4n) is 8.91. The van der Waals surface area contributed by atoms with E-state index in [-0.39, 0.29) is 20.9 Å². The van der Waals surface area contributed by atoms with Crippen molar-refractivity contribution in [1.29, 1.82) is 0 Å². The van der Waals surface area contributed by atoms with Crippen LogP contribution in [0.25, 0.3) is 32.0 Å². The van der Waals surface area contributed by atoms with Crippen LogP contribution in [0.3, 0.4) is 0 Å². The predicted molar refractivity (Wildman–Crippen MR) is 273 cm³/mol. The molecule has 0 saturated carbocycles. The Balaban J connectivity index is 1.41. The molecule has 0 N–H and O–H groups in total. The Morgan fingerprint density at radius 2 is 0.671 bits per heavy atom. The van der Waals surface area contributed by atoms with Gasteiger partial charge in [0.1, 0.15) is 23.0 Å². The van der Waals surface area contributed by atoms with Gasteiger partial charge in [-0.15, -0.1) is 22.7 Å². The monoisotopic (exact) mass is 1000 g/mol. The quantitative estimate of drug-likeness (QED) is 0.0714. The Kier molecular flexibility index (Phi) is 15.0. The summed E-state index contributed by atoms with van der Waals surface area (Å²) in [5.74, 6) is -12.4. The van der Waals surface area contributed by atoms with Crippen LogP contribution in [-0.4, -0.2) is 44.2 Å². The van der Waals surface area contributed by atoms with Gasteiger partial charge in [-0.2, -0.15) is 26.3 Å². The van der Waals surface area contributed by atoms with Crippen molar-refractivity contribution in [3.05, 3.63) is 141 Å². The van der Waals surface area contributed by atoms with Crippen LogP contribution in [-0.2, 0) is 5.41 Å². The standard InChI is InChI=1S/C58H62F6O4S2/c1-35(2)25-29-65-43-17-9-39(10-18-43)49-33-47-51-52(57(61,62)58(63,64)56(51,59)60)48-34-50(40-11-19-44(20-12-40)66-30-26-36(3)4)70-54(48)55(53(47)69-49,41-13-21-45(22-14-41)67-31-27-37(5)6)42-15-23-46(24-16-42)68-32-28-38(7)8/h9-24,33-38H,25-32H2,1-8H3. The number of thiophene rings is 2. The molecule has 0 bridgehead atoms. The molecule has 0 radical (unpaired) electrons. The summed E-state index contributed by atoms with van der Waals surface area (Å²) >= 11 is 2.26. The van der Waals surface area contributed by atoms with Gasteiger partial charge in [0, 0.05) is 41.8 Å². The lowest BCUT2D eigenvalue weighted by molar-refractivity contribution is -0.254. The summed E-state index contributed by atoms with van der Waals surface area (Å²) in [4.78, 5) is 1.26. The molecule has 2 aromatic heterocycles. The third-order valence-corrected chi connectivity index (χ3v) is 15.7. The van der Waals surface area contributed by atoms with Crippen molar-refractivity contribution < 1.29 is 45.3 Å². The van der Waals surface area contributed by atoms with Gasteiger partial charge in [-0.25, -0.2) is 0 Å². The summed E-state index contributed by atoms with van der Waals surface area (Å²) in [7, 11) is 0. The summed E-state index contributed by atoms with van der Waals surface area (Å²) in [6.45, 7) is 18.7. The fraction of sp³-hybridized carbons (Fsp3) is 0.414. The number of benzene rings is 4. The van der Waals surface area contributed by atoms with Crippen molar-refractivity contribution in [3.8, 4) is 43.9 Å². The molecule has 2 aliphatic rings. The molecule has 372 valence electrons. The van der Waals surface area contributed by atoms with Crippen LogP contribution < -0.4 is 18.9 Å². The second kappa shape index (κ2) is 20.5. The molecule has 0 amide bonds. The Morgan fingerprint density at radius 3 is 0.943 bits per heavy atom. The van der Waals surface area contributed by atoms with Gasteiger partial charge >= 0.3 is 17.8 Å². The van der Waals surface area contributed by atoms with E-state index in [0.29, 0.717) is 105 Å². The van der Waals surface area contributed by atoms with E-state index in [1.807, 2.05) is 24.3 Å². The van der Waals surface area contributed by atoms with Crippen LogP contribution in [0.5, 0.6) is 23.0 Å². The number of alkyl halides is 6. The topological polar surface area (TPSA) is 36.9 Å². The molecule has 0 saturated heterocycles. The first-order chi connectivity index (χ1) is 33.2. The number of allylic oxidation sites excluding steroid dienone is 2. The first-order valence-corrected chi connectivity index (χ1v) is 26.0. The number of halogens is 6. The van der Waals surface area contributed by atoms with Gasteiger partial charge in [0.15, 0.2) is 0 Å². The zero-order valence-corrected chi connectivity index (χ0v) is 42.7. The van der Waals surface area contributed by atoms with E-state index >= 15 is 26.3 Å². The van der Waals surface area contributed by atoms with E-state index in [2.05, 4.69) is 55.4 Å². The number of hydrogen-bond donors (Lipinski definition) is 0. The molecule has 70 heavy (non-hydrogen) atoms. The van der Waals surface area contributed by atoms with E-state index in [1.165, 1.54) is 12.1 Å². The highest BCUT2D eigenvalue weighted by Gasteiger charge is 2.81. The molecule has 0 atom stereocenters. The van der Waals surface area contributed by atoms with Gasteiger partial charge in [-0.3, -0.25) is 0 Å². The molecule has 0 fully saturated rings. The fourth-order valence-corrected chi connectivity index (χ4v) is 11.8. The minimum Gasteiger partial charge on any atom is -0.494 e. The Bertz CT molecular complexity index is 2560. The highest BCUT2D eigenvalue weighted by atomic mass is 32.1. The molecule has 0 aliphatic heterocycles. The zero-order valence-electron chi connectivity index (χ0n) is 41.1. The maximum absolute atomic E-state index is 17.0. The molecule has 8 rings (SSSR count). The van der Waals surface area contributed by atoms with E-state index in [9.17, 15) is 0 Å². The van der Waals surface area contributed by atoms with Crippen LogP contribution in [0, 0.1) is 23.7 Å². The number of ether oxygens (including phenoxy) is 4. The normalized spacial score (nSPS) is 16.4. The van der Waals surface area contributed by atoms with Crippen LogP contribution in [0.4, 0.5) is 26.3 Å². The van der Waals surface area contributed by atoms with Crippen molar-refractivity contribution >= 4 is 33.8 Å². The highest BCUT2D eigenvalue weighted by molar-refractivity contribution is 7.18. The molecule has 2 heterocycles. The van der Waals surface area contributed by atoms with E-state index in [4.69, 9.17) is 18.9 Å². The lowest BCUT2D eigenvalue weighted by Crippen LogP contribution is -2.49. The second-order valence-corrected chi connectivity index (χ2v) is 22.3. The number of hydrogen-bond acceptors (Lipinski definition) is 6. The maximum atomic E-state index is 17.0. The summed E-state index contributed by atoms with van der Waals surface area (Å²) in [5, 5.41) is 0. The number of fused-ring (bicyclic) bond motifs is 4. The number of rotatable bonds is 20. The van der Waals surface area contributed by atoms with Gasteiger partial charge < -0.3 is 18.9 Å². The van der Waals surface area contributed by atoms with Crippen LogP contribution in [0.1, 0.15) is 113 Å². The van der Waals surface area contributed by atoms with E-state index in [1.54, 1.807) is 72.8 Å². The Morgan fingerprint density at radius 1 is 0.400 bits per heavy atom. The van der Waals surface area contributed by atoms with Crippen molar-refractivity contribution in [3.63, 3.8) is 0 Å². The molecule has 4 aromatic carbocycles. The second-order valence-electron chi connectivity index (χ2n) is 20.2. The molecule has 2 aliphatic carbocycles. The lowest BCUT2D eigenvalue weighted by Gasteiger charge is -2.36. The van der Waals surface area contributed by atoms with E-state index < -0.39 is 34.3 Å². The summed E-state index contributed by atoms with van der Waals surface area (Å²) in [5.41, 5.74) is -2.85. The van der Waals surface area contributed by atoms with Gasteiger partial charge in [0.05, 0.1) is 31.8 Å². The molecule has 12 heteroatoms. The van der Waals surface area contributed by atoms with Gasteiger partial charge in [-0.1, -0.05) is 79.7 Å². The summed E-state index contributed by atoms with van der Waals surface area (Å²) in [6, 6.07) is 31.5. The molecule has 6 aromatic rings. The summed E-state index contributed by atoms with van der Waals surface area (Å²) < 4.78 is 125. The van der Waals surface area contributed by atoms with Crippen molar-refractivity contribution in [1.82, 2.24) is 0 Å². The van der Waals surface area contributed by atoms with Crippen LogP contribution >= 0.6 is 22.7 Å². The van der Waals surface area contributed by atoms with Crippen molar-refractivity contribution in [2.45, 2.75) is 104 Å². The average molecular weight is 1000 g/mol. The summed E-state index contributed by atoms with van der Waals surface area (Å²) in [6.07, 6.45) is 3.28. The SMILES string of the molecule is CC(C)CCOc1ccc(-c2cc3c(s2)C(c2ccc(OCCC(C)C)cc2)(c2ccc(OCCC(C)C)cc2)c2sc(-c4ccc(OCCC(C)C)cc4)cc2C2=C3C(F)(F)C(F)(F)C2(F)F)cc1. The maximum Gasteiger partial charge on any atom is 0.380 e. The molecular weight excluding hydrogens is 939 g/mol. The van der Waals surface area contributed by atoms with Gasteiger partial charge in [0.25, 0.3) is 0 Å². The Labute approximate surface area is 416 Å². The zero-order chi connectivity index (χ0) is 50.2. The molecule has 4 nitrogen and oxygen atoms in total. The average Bonchev–Trinajstić information content (AvgIpc) is 3.95. The third kappa shape index (κ3) is 9.76. The lowest BCUT2D eigenvalue weighted by atomic mass is 9.70. The first-order valence-electron chi connectivity index (χ1n) is 24.4. The largest absolute Gasteiger partial charge is 0.494 e. The first kappa shape index (κ1) is 51.2. The minimum absolute atomic E-state index is 0.198. The molecule has 0 unspecified atom stereocenters. The van der Waals surface area contributed by atoms with Crippen molar-refractivity contribution in [2.75, 3.05) is 26.4 Å². The smallest absolute Gasteiger partial charge is 0.380 e. The van der Waals surface area contributed by atoms with Crippen LogP contribution in [0.15, 0.2) is 109 Å². The van der Waals surface area contributed by atoms with E-state index in [0.717, 1.165) is 48.4 Å². The molecular formula is C58H62F6O4S2. The van der Waals surface area contributed by atoms with Crippen molar-refractivity contribution in [2.24, 2.45) is 23.7 Å². The van der Waals surface area contributed by atoms with Crippen LogP contribution in [0.2, 0.25) is 0 Å². The molecule has 0 spiro atoms. The Hall–Kier alpha value is -5.20. The van der Waals surface area contributed by atoms with Gasteiger partial charge in [-0.05, 0) is 157 Å². The van der Waals surface area contributed by atoms with Gasteiger partial charge in [0.2, 0.25) is 0 Å². The third-order valence-electron chi connectivity index (χ3n) is 13.1.